The van der Waals surface area contributed by atoms with Crippen LogP contribution in [0.25, 0.3) is 5.65 Å². The molecular formula is C14H15BrN4O4. The van der Waals surface area contributed by atoms with Gasteiger partial charge in [0.2, 0.25) is 5.91 Å². The number of rotatable bonds is 6. The average Bonchev–Trinajstić information content (AvgIpc) is 2.77. The zero-order valence-corrected chi connectivity index (χ0v) is 13.8. The van der Waals surface area contributed by atoms with E-state index >= 15 is 0 Å². The Morgan fingerprint density at radius 1 is 1.43 bits per heavy atom. The molecule has 0 bridgehead atoms. The Balaban J connectivity index is 2.28. The number of carboxylic acids is 1. The van der Waals surface area contributed by atoms with E-state index in [9.17, 15) is 14.4 Å². The molecule has 0 aliphatic rings. The lowest BCUT2D eigenvalue weighted by atomic mass is 10.1. The number of primary amides is 1. The SMILES string of the molecule is Cc1nc2ccc(Br)cn2c1C(=O)NC(CCC(N)=O)C(=O)O. The molecule has 8 nitrogen and oxygen atoms in total. The summed E-state index contributed by atoms with van der Waals surface area (Å²) in [4.78, 5) is 38.7. The molecule has 0 saturated carbocycles. The highest BCUT2D eigenvalue weighted by Crippen LogP contribution is 2.17. The maximum atomic E-state index is 12.4. The van der Waals surface area contributed by atoms with Gasteiger partial charge >= 0.3 is 5.97 Å². The van der Waals surface area contributed by atoms with Gasteiger partial charge in [-0.25, -0.2) is 9.78 Å². The zero-order chi connectivity index (χ0) is 17.1. The molecule has 4 N–H and O–H groups in total. The van der Waals surface area contributed by atoms with Gasteiger partial charge in [0.25, 0.3) is 5.91 Å². The minimum atomic E-state index is -1.23. The predicted molar refractivity (Wildman–Crippen MR) is 84.9 cm³/mol. The van der Waals surface area contributed by atoms with Crippen LogP contribution in [0.2, 0.25) is 0 Å². The average molecular weight is 383 g/mol. The molecule has 2 heterocycles. The molecule has 0 aliphatic heterocycles. The molecule has 0 radical (unpaired) electrons. The number of carbonyl (C=O) groups excluding carboxylic acids is 2. The standard InChI is InChI=1S/C14H15BrN4O4/c1-7-12(19-6-8(15)2-5-11(19)17-7)13(21)18-9(14(22)23)3-4-10(16)20/h2,5-6,9H,3-4H2,1H3,(H2,16,20)(H,18,21)(H,22,23). The van der Waals surface area contributed by atoms with Crippen molar-refractivity contribution >= 4 is 39.4 Å². The van der Waals surface area contributed by atoms with E-state index in [0.717, 1.165) is 4.47 Å². The van der Waals surface area contributed by atoms with Gasteiger partial charge in [-0.1, -0.05) is 0 Å². The number of pyridine rings is 1. The Kier molecular flexibility index (Phi) is 4.99. The second-order valence-corrected chi connectivity index (χ2v) is 5.91. The Bertz CT molecular complexity index is 786. The van der Waals surface area contributed by atoms with E-state index in [0.29, 0.717) is 11.3 Å². The van der Waals surface area contributed by atoms with E-state index in [-0.39, 0.29) is 18.5 Å². The van der Waals surface area contributed by atoms with Crippen molar-refractivity contribution < 1.29 is 19.5 Å². The van der Waals surface area contributed by atoms with Crippen LogP contribution in [0, 0.1) is 6.92 Å². The zero-order valence-electron chi connectivity index (χ0n) is 12.2. The number of nitrogens with one attached hydrogen (secondary N) is 1. The molecule has 9 heteroatoms. The highest BCUT2D eigenvalue weighted by atomic mass is 79.9. The van der Waals surface area contributed by atoms with Crippen LogP contribution in [-0.2, 0) is 9.59 Å². The van der Waals surface area contributed by atoms with Gasteiger partial charge in [-0.15, -0.1) is 0 Å². The van der Waals surface area contributed by atoms with Crippen LogP contribution >= 0.6 is 15.9 Å². The second kappa shape index (κ2) is 6.78. The number of hydrogen-bond donors (Lipinski definition) is 3. The van der Waals surface area contributed by atoms with E-state index in [2.05, 4.69) is 26.2 Å². The third-order valence-electron chi connectivity index (χ3n) is 3.25. The number of fused-ring (bicyclic) bond motifs is 1. The Labute approximate surface area is 139 Å². The normalized spacial score (nSPS) is 12.1. The number of amides is 2. The van der Waals surface area contributed by atoms with Crippen molar-refractivity contribution in [2.45, 2.75) is 25.8 Å². The van der Waals surface area contributed by atoms with Gasteiger partial charge in [-0.3, -0.25) is 14.0 Å². The molecule has 0 spiro atoms. The summed E-state index contributed by atoms with van der Waals surface area (Å²) in [5, 5.41) is 11.6. The van der Waals surface area contributed by atoms with Crippen molar-refractivity contribution in [1.82, 2.24) is 14.7 Å². The third kappa shape index (κ3) is 3.86. The fraction of sp³-hybridized carbons (Fsp3) is 0.286. The van der Waals surface area contributed by atoms with Gasteiger partial charge in [0.1, 0.15) is 17.4 Å². The fourth-order valence-electron chi connectivity index (χ4n) is 2.18. The van der Waals surface area contributed by atoms with Crippen LogP contribution in [0.3, 0.4) is 0 Å². The number of imidazole rings is 1. The Morgan fingerprint density at radius 3 is 2.74 bits per heavy atom. The summed E-state index contributed by atoms with van der Waals surface area (Å²) in [5.41, 5.74) is 6.30. The van der Waals surface area contributed by atoms with Gasteiger partial charge in [-0.05, 0) is 41.4 Å². The fourth-order valence-corrected chi connectivity index (χ4v) is 2.52. The van der Waals surface area contributed by atoms with Crippen LogP contribution in [0.1, 0.15) is 29.0 Å². The Morgan fingerprint density at radius 2 is 2.13 bits per heavy atom. The van der Waals surface area contributed by atoms with Crippen molar-refractivity contribution in [3.05, 3.63) is 34.2 Å². The van der Waals surface area contributed by atoms with Crippen molar-refractivity contribution in [2.75, 3.05) is 0 Å². The minimum Gasteiger partial charge on any atom is -0.480 e. The quantitative estimate of drug-likeness (QED) is 0.682. The second-order valence-electron chi connectivity index (χ2n) is 4.99. The van der Waals surface area contributed by atoms with E-state index in [4.69, 9.17) is 10.8 Å². The van der Waals surface area contributed by atoms with Crippen LogP contribution < -0.4 is 11.1 Å². The van der Waals surface area contributed by atoms with Crippen molar-refractivity contribution in [3.8, 4) is 0 Å². The monoisotopic (exact) mass is 382 g/mol. The highest BCUT2D eigenvalue weighted by molar-refractivity contribution is 9.10. The first-order valence-electron chi connectivity index (χ1n) is 6.75. The third-order valence-corrected chi connectivity index (χ3v) is 3.72. The van der Waals surface area contributed by atoms with Gasteiger partial charge in [-0.2, -0.15) is 0 Å². The first-order valence-corrected chi connectivity index (χ1v) is 7.55. The summed E-state index contributed by atoms with van der Waals surface area (Å²) in [6, 6.07) is 2.32. The summed E-state index contributed by atoms with van der Waals surface area (Å²) in [6.45, 7) is 1.66. The van der Waals surface area contributed by atoms with Gasteiger partial charge < -0.3 is 16.2 Å². The number of aromatic nitrogens is 2. The number of nitrogens with zero attached hydrogens (tertiary/aromatic N) is 2. The largest absolute Gasteiger partial charge is 0.480 e. The topological polar surface area (TPSA) is 127 Å². The number of halogens is 1. The molecule has 0 saturated heterocycles. The Hall–Kier alpha value is -2.42. The lowest BCUT2D eigenvalue weighted by molar-refractivity contribution is -0.139. The number of hydrogen-bond acceptors (Lipinski definition) is 4. The van der Waals surface area contributed by atoms with Crippen molar-refractivity contribution in [2.24, 2.45) is 5.73 Å². The van der Waals surface area contributed by atoms with Crippen LogP contribution in [-0.4, -0.2) is 38.3 Å². The molecule has 122 valence electrons. The molecule has 1 unspecified atom stereocenters. The molecule has 0 aromatic carbocycles. The first-order chi connectivity index (χ1) is 10.8. The van der Waals surface area contributed by atoms with Crippen molar-refractivity contribution in [3.63, 3.8) is 0 Å². The molecule has 2 aromatic heterocycles. The van der Waals surface area contributed by atoms with E-state index < -0.39 is 23.8 Å². The smallest absolute Gasteiger partial charge is 0.326 e. The predicted octanol–water partition coefficient (Wildman–Crippen LogP) is 0.854. The molecule has 0 fully saturated rings. The molecule has 0 aliphatic carbocycles. The summed E-state index contributed by atoms with van der Waals surface area (Å²) in [6.07, 6.45) is 1.47. The number of carbonyl (C=O) groups is 3. The summed E-state index contributed by atoms with van der Waals surface area (Å²) in [7, 11) is 0. The molecule has 2 aromatic rings. The number of nitrogens with two attached hydrogens (primary N) is 1. The number of carboxylic acid groups (broad SMARTS) is 1. The summed E-state index contributed by atoms with van der Waals surface area (Å²) in [5.74, 6) is -2.43. The molecular weight excluding hydrogens is 368 g/mol. The van der Waals surface area contributed by atoms with Gasteiger partial charge in [0.05, 0.1) is 5.69 Å². The van der Waals surface area contributed by atoms with Crippen LogP contribution in [0.5, 0.6) is 0 Å². The molecule has 2 rings (SSSR count). The lowest BCUT2D eigenvalue weighted by Gasteiger charge is -2.14. The maximum absolute atomic E-state index is 12.4. The highest BCUT2D eigenvalue weighted by Gasteiger charge is 2.24. The van der Waals surface area contributed by atoms with E-state index in [1.807, 2.05) is 0 Å². The first kappa shape index (κ1) is 16.9. The van der Waals surface area contributed by atoms with E-state index in [1.165, 1.54) is 0 Å². The van der Waals surface area contributed by atoms with Crippen LogP contribution in [0.15, 0.2) is 22.8 Å². The van der Waals surface area contributed by atoms with Crippen molar-refractivity contribution in [1.29, 1.82) is 0 Å². The number of aliphatic carboxylic acids is 1. The van der Waals surface area contributed by atoms with Gasteiger partial charge in [0, 0.05) is 17.1 Å². The van der Waals surface area contributed by atoms with E-state index in [1.54, 1.807) is 29.7 Å². The maximum Gasteiger partial charge on any atom is 0.326 e. The summed E-state index contributed by atoms with van der Waals surface area (Å²) < 4.78 is 2.32. The molecule has 23 heavy (non-hydrogen) atoms. The minimum absolute atomic E-state index is 0.0735. The number of aryl methyl sites for hydroxylation is 1. The van der Waals surface area contributed by atoms with Gasteiger partial charge in [0.15, 0.2) is 0 Å². The summed E-state index contributed by atoms with van der Waals surface area (Å²) >= 11 is 3.31. The molecule has 1 atom stereocenters. The van der Waals surface area contributed by atoms with Crippen LogP contribution in [0.4, 0.5) is 0 Å². The lowest BCUT2D eigenvalue weighted by Crippen LogP contribution is -2.42. The molecule has 2 amide bonds.